The molecule has 4 heteroatoms. The third-order valence-corrected chi connectivity index (χ3v) is 6.86. The van der Waals surface area contributed by atoms with Crippen molar-refractivity contribution in [2.75, 3.05) is 39.8 Å². The summed E-state index contributed by atoms with van der Waals surface area (Å²) in [6.45, 7) is 4.99. The van der Waals surface area contributed by atoms with E-state index in [2.05, 4.69) is 64.6 Å². The number of carbonyl (C=O) groups excluding carboxylic acids is 1. The van der Waals surface area contributed by atoms with E-state index in [9.17, 15) is 4.79 Å². The van der Waals surface area contributed by atoms with Crippen LogP contribution in [0.1, 0.15) is 22.0 Å². The Hall–Kier alpha value is -2.69. The van der Waals surface area contributed by atoms with Gasteiger partial charge in [-0.2, -0.15) is 0 Å². The second kappa shape index (κ2) is 8.21. The number of benzene rings is 3. The fourth-order valence-electron chi connectivity index (χ4n) is 5.53. The third kappa shape index (κ3) is 3.62. The first-order valence-corrected chi connectivity index (χ1v) is 10.9. The van der Waals surface area contributed by atoms with Crippen LogP contribution < -0.4 is 5.32 Å². The number of carbonyl (C=O) groups is 1. The maximum absolute atomic E-state index is 12.8. The lowest BCUT2D eigenvalue weighted by Gasteiger charge is -2.26. The molecule has 5 rings (SSSR count). The number of likely N-dealkylation sites (tertiary alicyclic amines) is 2. The number of nitrogens with zero attached hydrogens (tertiary/aromatic N) is 2. The average Bonchev–Trinajstić information content (AvgIpc) is 3.29. The lowest BCUT2D eigenvalue weighted by molar-refractivity contribution is 0.0950. The van der Waals surface area contributed by atoms with E-state index in [0.717, 1.165) is 42.5 Å². The van der Waals surface area contributed by atoms with Crippen LogP contribution in [0.15, 0.2) is 72.8 Å². The van der Waals surface area contributed by atoms with Gasteiger partial charge in [-0.25, -0.2) is 0 Å². The largest absolute Gasteiger partial charge is 0.351 e. The van der Waals surface area contributed by atoms with Gasteiger partial charge in [0.25, 0.3) is 5.91 Å². The normalized spacial score (nSPS) is 24.2. The molecule has 0 aromatic heterocycles. The van der Waals surface area contributed by atoms with Crippen LogP contribution in [0.4, 0.5) is 0 Å². The molecule has 2 fully saturated rings. The van der Waals surface area contributed by atoms with Gasteiger partial charge in [-0.3, -0.25) is 9.69 Å². The minimum Gasteiger partial charge on any atom is -0.351 e. The lowest BCUT2D eigenvalue weighted by atomic mass is 9.90. The summed E-state index contributed by atoms with van der Waals surface area (Å²) in [5, 5.41) is 5.27. The molecule has 0 spiro atoms. The van der Waals surface area contributed by atoms with Gasteiger partial charge in [-0.05, 0) is 41.3 Å². The highest BCUT2D eigenvalue weighted by molar-refractivity contribution is 6.06. The molecule has 2 saturated heterocycles. The van der Waals surface area contributed by atoms with E-state index in [0.29, 0.717) is 24.4 Å². The molecule has 2 aliphatic rings. The first-order chi connectivity index (χ1) is 14.7. The first-order valence-electron chi connectivity index (χ1n) is 10.9. The standard InChI is InChI=1S/C26H29N3O/c1-28-16-21-17-29(18-24(21)25(28)20-9-3-2-4-10-20)15-14-27-26(30)23-13-7-11-19-8-5-6-12-22(19)23/h2-13,21,24-25H,14-18H2,1H3,(H,27,30). The van der Waals surface area contributed by atoms with Crippen molar-refractivity contribution in [2.24, 2.45) is 11.8 Å². The first kappa shape index (κ1) is 19.3. The Morgan fingerprint density at radius 1 is 0.933 bits per heavy atom. The van der Waals surface area contributed by atoms with Crippen molar-refractivity contribution in [2.45, 2.75) is 6.04 Å². The average molecular weight is 400 g/mol. The quantitative estimate of drug-likeness (QED) is 0.709. The van der Waals surface area contributed by atoms with E-state index in [-0.39, 0.29) is 5.91 Å². The van der Waals surface area contributed by atoms with Crippen molar-refractivity contribution in [3.63, 3.8) is 0 Å². The van der Waals surface area contributed by atoms with Gasteiger partial charge in [0.15, 0.2) is 0 Å². The SMILES string of the molecule is CN1CC2CN(CCNC(=O)c3cccc4ccccc34)CC2C1c1ccccc1. The summed E-state index contributed by atoms with van der Waals surface area (Å²) in [6.07, 6.45) is 0. The Labute approximate surface area is 178 Å². The Bertz CT molecular complexity index is 1030. The highest BCUT2D eigenvalue weighted by atomic mass is 16.1. The lowest BCUT2D eigenvalue weighted by Crippen LogP contribution is -2.36. The van der Waals surface area contributed by atoms with Gasteiger partial charge in [0.05, 0.1) is 0 Å². The topological polar surface area (TPSA) is 35.6 Å². The van der Waals surface area contributed by atoms with Crippen molar-refractivity contribution in [1.82, 2.24) is 15.1 Å². The van der Waals surface area contributed by atoms with Gasteiger partial charge in [-0.1, -0.05) is 66.7 Å². The van der Waals surface area contributed by atoms with Crippen molar-refractivity contribution in [3.8, 4) is 0 Å². The van der Waals surface area contributed by atoms with Gasteiger partial charge in [0.2, 0.25) is 0 Å². The Balaban J connectivity index is 1.19. The fourth-order valence-corrected chi connectivity index (χ4v) is 5.53. The molecule has 1 amide bonds. The molecular formula is C26H29N3O. The van der Waals surface area contributed by atoms with Gasteiger partial charge in [0, 0.05) is 44.3 Å². The number of rotatable bonds is 5. The monoisotopic (exact) mass is 399 g/mol. The summed E-state index contributed by atoms with van der Waals surface area (Å²) in [7, 11) is 2.25. The molecule has 0 radical (unpaired) electrons. The minimum absolute atomic E-state index is 0.0214. The van der Waals surface area contributed by atoms with Crippen LogP contribution in [0.5, 0.6) is 0 Å². The molecule has 154 valence electrons. The summed E-state index contributed by atoms with van der Waals surface area (Å²) >= 11 is 0. The summed E-state index contributed by atoms with van der Waals surface area (Å²) < 4.78 is 0. The molecule has 1 N–H and O–H groups in total. The van der Waals surface area contributed by atoms with Crippen molar-refractivity contribution in [3.05, 3.63) is 83.9 Å². The summed E-state index contributed by atoms with van der Waals surface area (Å²) in [4.78, 5) is 17.8. The molecule has 3 aromatic carbocycles. The molecular weight excluding hydrogens is 370 g/mol. The number of nitrogens with one attached hydrogen (secondary N) is 1. The predicted molar refractivity (Wildman–Crippen MR) is 122 cm³/mol. The van der Waals surface area contributed by atoms with Gasteiger partial charge < -0.3 is 10.2 Å². The van der Waals surface area contributed by atoms with E-state index in [1.54, 1.807) is 0 Å². The smallest absolute Gasteiger partial charge is 0.251 e. The van der Waals surface area contributed by atoms with Crippen LogP contribution in [-0.2, 0) is 0 Å². The molecule has 2 aliphatic heterocycles. The van der Waals surface area contributed by atoms with Gasteiger partial charge in [-0.15, -0.1) is 0 Å². The third-order valence-electron chi connectivity index (χ3n) is 6.86. The van der Waals surface area contributed by atoms with Crippen LogP contribution in [0.3, 0.4) is 0 Å². The minimum atomic E-state index is 0.0214. The van der Waals surface area contributed by atoms with Crippen LogP contribution in [0.25, 0.3) is 10.8 Å². The predicted octanol–water partition coefficient (Wildman–Crippen LogP) is 3.80. The molecule has 3 unspecified atom stereocenters. The molecule has 0 aliphatic carbocycles. The highest BCUT2D eigenvalue weighted by Gasteiger charge is 2.45. The van der Waals surface area contributed by atoms with Crippen molar-refractivity contribution >= 4 is 16.7 Å². The van der Waals surface area contributed by atoms with E-state index in [4.69, 9.17) is 0 Å². The van der Waals surface area contributed by atoms with Crippen LogP contribution >= 0.6 is 0 Å². The summed E-state index contributed by atoms with van der Waals surface area (Å²) in [6, 6.07) is 25.4. The zero-order valence-electron chi connectivity index (χ0n) is 17.5. The summed E-state index contributed by atoms with van der Waals surface area (Å²) in [5.74, 6) is 1.41. The van der Waals surface area contributed by atoms with E-state index in [1.807, 2.05) is 30.3 Å². The van der Waals surface area contributed by atoms with E-state index in [1.165, 1.54) is 5.56 Å². The van der Waals surface area contributed by atoms with Gasteiger partial charge in [0.1, 0.15) is 0 Å². The molecule has 2 heterocycles. The molecule has 3 atom stereocenters. The Kier molecular flexibility index (Phi) is 5.28. The molecule has 0 saturated carbocycles. The second-order valence-corrected chi connectivity index (χ2v) is 8.76. The van der Waals surface area contributed by atoms with Gasteiger partial charge >= 0.3 is 0 Å². The van der Waals surface area contributed by atoms with Crippen molar-refractivity contribution < 1.29 is 4.79 Å². The molecule has 0 bridgehead atoms. The Morgan fingerprint density at radius 2 is 1.70 bits per heavy atom. The number of amides is 1. The van der Waals surface area contributed by atoms with Crippen LogP contribution in [0.2, 0.25) is 0 Å². The highest BCUT2D eigenvalue weighted by Crippen LogP contribution is 2.43. The molecule has 4 nitrogen and oxygen atoms in total. The maximum Gasteiger partial charge on any atom is 0.251 e. The van der Waals surface area contributed by atoms with E-state index >= 15 is 0 Å². The Morgan fingerprint density at radius 3 is 2.57 bits per heavy atom. The summed E-state index contributed by atoms with van der Waals surface area (Å²) in [5.41, 5.74) is 2.19. The molecule has 30 heavy (non-hydrogen) atoms. The van der Waals surface area contributed by atoms with Crippen LogP contribution in [0, 0.1) is 11.8 Å². The second-order valence-electron chi connectivity index (χ2n) is 8.76. The zero-order valence-corrected chi connectivity index (χ0v) is 17.5. The number of hydrogen-bond acceptors (Lipinski definition) is 3. The fraction of sp³-hybridized carbons (Fsp3) is 0.346. The number of hydrogen-bond donors (Lipinski definition) is 1. The van der Waals surface area contributed by atoms with Crippen LogP contribution in [-0.4, -0.2) is 55.5 Å². The van der Waals surface area contributed by atoms with Crippen molar-refractivity contribution in [1.29, 1.82) is 0 Å². The maximum atomic E-state index is 12.8. The zero-order chi connectivity index (χ0) is 20.5. The van der Waals surface area contributed by atoms with E-state index < -0.39 is 0 Å². The molecule has 3 aromatic rings. The number of fused-ring (bicyclic) bond motifs is 2.